The van der Waals surface area contributed by atoms with Crippen LogP contribution in [0.25, 0.3) is 0 Å². The Kier molecular flexibility index (Phi) is 5.42. The van der Waals surface area contributed by atoms with Gasteiger partial charge >= 0.3 is 0 Å². The summed E-state index contributed by atoms with van der Waals surface area (Å²) in [6.45, 7) is 6.70. The summed E-state index contributed by atoms with van der Waals surface area (Å²) in [6, 6.07) is 26.5. The minimum Gasteiger partial charge on any atom is -0.0620 e. The molecule has 3 aromatic rings. The van der Waals surface area contributed by atoms with Gasteiger partial charge in [0.15, 0.2) is 0 Å². The highest BCUT2D eigenvalue weighted by atomic mass is 127. The van der Waals surface area contributed by atoms with Crippen molar-refractivity contribution >= 4 is 28.3 Å². The third-order valence-corrected chi connectivity index (χ3v) is 8.31. The number of aryl methyl sites for hydroxylation is 3. The van der Waals surface area contributed by atoms with Crippen molar-refractivity contribution in [2.45, 2.75) is 25.9 Å². The Labute approximate surface area is 160 Å². The van der Waals surface area contributed by atoms with E-state index in [1.54, 1.807) is 0 Å². The monoisotopic (exact) mass is 444 g/mol. The van der Waals surface area contributed by atoms with Crippen molar-refractivity contribution < 1.29 is 0 Å². The second-order valence-electron chi connectivity index (χ2n) is 6.29. The Morgan fingerprint density at radius 1 is 0.583 bits per heavy atom. The molecule has 1 atom stereocenters. The molecule has 3 rings (SSSR count). The lowest BCUT2D eigenvalue weighted by Gasteiger charge is -2.37. The van der Waals surface area contributed by atoms with Crippen LogP contribution in [0.2, 0.25) is 0 Å². The zero-order chi connectivity index (χ0) is 17.2. The van der Waals surface area contributed by atoms with Gasteiger partial charge in [0, 0.05) is 0 Å². The molecule has 0 fully saturated rings. The van der Waals surface area contributed by atoms with Crippen molar-refractivity contribution in [2.24, 2.45) is 0 Å². The summed E-state index contributed by atoms with van der Waals surface area (Å²) in [5.41, 5.74) is 8.32. The minimum absolute atomic E-state index is 0.0947. The number of hydrogen-bond donors (Lipinski definition) is 0. The first-order valence-corrected chi connectivity index (χ1v) is 12.3. The fraction of sp³-hybridized carbons (Fsp3) is 0.182. The van der Waals surface area contributed by atoms with Gasteiger partial charge in [-0.25, -0.2) is 0 Å². The maximum atomic E-state index is 2.59. The molecule has 0 aliphatic rings. The van der Waals surface area contributed by atoms with Crippen molar-refractivity contribution in [3.63, 3.8) is 0 Å². The van der Waals surface area contributed by atoms with Crippen LogP contribution in [0, 0.1) is 20.8 Å². The predicted molar refractivity (Wildman–Crippen MR) is 116 cm³/mol. The Bertz CT molecular complexity index is 743. The predicted octanol–water partition coefficient (Wildman–Crippen LogP) is 6.93. The largest absolute Gasteiger partial charge is 0.0721 e. The van der Waals surface area contributed by atoms with E-state index < -0.39 is 0 Å². The molecule has 2 heteroatoms. The molecule has 1 unspecified atom stereocenters. The van der Waals surface area contributed by atoms with Gasteiger partial charge in [-0.3, -0.25) is 0 Å². The molecule has 0 N–H and O–H groups in total. The molecule has 0 radical (unpaired) electrons. The van der Waals surface area contributed by atoms with Gasteiger partial charge in [-0.15, -0.1) is 0 Å². The van der Waals surface area contributed by atoms with E-state index in [9.17, 15) is 0 Å². The lowest BCUT2D eigenvalue weighted by atomic mass is 9.78. The summed E-state index contributed by atoms with van der Waals surface area (Å²) in [6.07, 6.45) is 0.711. The van der Waals surface area contributed by atoms with E-state index in [0.29, 0.717) is 6.22 Å². The Hall–Kier alpha value is -1.18. The number of halogens is 1. The van der Waals surface area contributed by atoms with E-state index >= 15 is 0 Å². The molecular formula is C22H22IP. The minimum atomic E-state index is -0.0947. The lowest BCUT2D eigenvalue weighted by molar-refractivity contribution is 0.864. The Balaban J connectivity index is 2.43. The molecule has 3 aromatic carbocycles. The molecule has 0 amide bonds. The molecule has 0 spiro atoms. The van der Waals surface area contributed by atoms with E-state index in [1.165, 1.54) is 33.4 Å². The van der Waals surface area contributed by atoms with E-state index in [4.69, 9.17) is 0 Å². The molecule has 122 valence electrons. The van der Waals surface area contributed by atoms with E-state index in [1.807, 2.05) is 0 Å². The molecule has 24 heavy (non-hydrogen) atoms. The Morgan fingerprint density at radius 2 is 0.875 bits per heavy atom. The molecular weight excluding hydrogens is 422 g/mol. The highest BCUT2D eigenvalue weighted by Crippen LogP contribution is 2.58. The van der Waals surface area contributed by atoms with Gasteiger partial charge in [0.05, 0.1) is 5.16 Å². The van der Waals surface area contributed by atoms with Gasteiger partial charge in [0.25, 0.3) is 0 Å². The van der Waals surface area contributed by atoms with Gasteiger partial charge in [0.1, 0.15) is 0 Å². The third-order valence-electron chi connectivity index (χ3n) is 4.79. The quantitative estimate of drug-likeness (QED) is 0.233. The van der Waals surface area contributed by atoms with E-state index in [0.717, 1.165) is 0 Å². The Morgan fingerprint density at radius 3 is 1.12 bits per heavy atom. The van der Waals surface area contributed by atoms with Gasteiger partial charge in [-0.05, 0) is 60.4 Å². The molecule has 0 saturated heterocycles. The van der Waals surface area contributed by atoms with Crippen LogP contribution >= 0.6 is 28.3 Å². The van der Waals surface area contributed by atoms with Crippen LogP contribution in [-0.4, -0.2) is 0 Å². The van der Waals surface area contributed by atoms with Crippen molar-refractivity contribution in [1.82, 2.24) is 0 Å². The molecule has 0 heterocycles. The standard InChI is InChI=1S/C22H22IP/c1-16-10-4-7-13-19(16)22(24-23,20-14-8-5-11-17(20)2)21-15-9-6-12-18(21)3/h4-15,24H,1-3H3. The second kappa shape index (κ2) is 7.37. The molecule has 0 bridgehead atoms. The normalized spacial score (nSPS) is 12.0. The summed E-state index contributed by atoms with van der Waals surface area (Å²) in [4.78, 5) is 0. The van der Waals surface area contributed by atoms with Crippen molar-refractivity contribution in [3.05, 3.63) is 106 Å². The average Bonchev–Trinajstić information content (AvgIpc) is 2.60. The SMILES string of the molecule is Cc1ccccc1C(PI)(c1ccccc1C)c1ccccc1C. The molecule has 0 aliphatic carbocycles. The molecule has 0 aromatic heterocycles. The molecule has 0 nitrogen and oxygen atoms in total. The smallest absolute Gasteiger partial charge is 0.0620 e. The van der Waals surface area contributed by atoms with Crippen LogP contribution in [0.15, 0.2) is 72.8 Å². The fourth-order valence-electron chi connectivity index (χ4n) is 3.57. The van der Waals surface area contributed by atoms with Crippen molar-refractivity contribution in [2.75, 3.05) is 0 Å². The van der Waals surface area contributed by atoms with Crippen molar-refractivity contribution in [1.29, 1.82) is 0 Å². The summed E-state index contributed by atoms with van der Waals surface area (Å²) >= 11 is 2.59. The topological polar surface area (TPSA) is 0 Å². The van der Waals surface area contributed by atoms with Crippen LogP contribution in [0.1, 0.15) is 33.4 Å². The van der Waals surface area contributed by atoms with Crippen molar-refractivity contribution in [3.8, 4) is 0 Å². The van der Waals surface area contributed by atoms with Crippen LogP contribution in [0.5, 0.6) is 0 Å². The average molecular weight is 444 g/mol. The van der Waals surface area contributed by atoms with Crippen LogP contribution in [-0.2, 0) is 5.16 Å². The first-order valence-electron chi connectivity index (χ1n) is 8.17. The number of benzene rings is 3. The summed E-state index contributed by atoms with van der Waals surface area (Å²) in [5.74, 6) is 0. The second-order valence-corrected chi connectivity index (χ2v) is 8.85. The number of rotatable bonds is 4. The highest BCUT2D eigenvalue weighted by Gasteiger charge is 2.38. The zero-order valence-electron chi connectivity index (χ0n) is 14.3. The van der Waals surface area contributed by atoms with Gasteiger partial charge in [0.2, 0.25) is 0 Å². The maximum absolute atomic E-state index is 2.59. The van der Waals surface area contributed by atoms with Gasteiger partial charge < -0.3 is 0 Å². The highest BCUT2D eigenvalue weighted by molar-refractivity contribution is 14.2. The maximum Gasteiger partial charge on any atom is 0.0721 e. The molecule has 0 aliphatic heterocycles. The molecule has 0 saturated carbocycles. The van der Waals surface area contributed by atoms with Crippen LogP contribution in [0.4, 0.5) is 0 Å². The third kappa shape index (κ3) is 2.93. The number of hydrogen-bond acceptors (Lipinski definition) is 0. The van der Waals surface area contributed by atoms with E-state index in [-0.39, 0.29) is 5.16 Å². The summed E-state index contributed by atoms with van der Waals surface area (Å²) < 4.78 is 0. The zero-order valence-corrected chi connectivity index (χ0v) is 17.5. The lowest BCUT2D eigenvalue weighted by Crippen LogP contribution is -2.26. The first kappa shape index (κ1) is 17.6. The van der Waals surface area contributed by atoms with Crippen LogP contribution in [0.3, 0.4) is 0 Å². The summed E-state index contributed by atoms with van der Waals surface area (Å²) in [7, 11) is 0. The van der Waals surface area contributed by atoms with Gasteiger partial charge in [-0.2, -0.15) is 0 Å². The van der Waals surface area contributed by atoms with Gasteiger partial charge in [-0.1, -0.05) is 94.8 Å². The summed E-state index contributed by atoms with van der Waals surface area (Å²) in [5, 5.41) is -0.0947. The van der Waals surface area contributed by atoms with E-state index in [2.05, 4.69) is 116 Å². The fourth-order valence-corrected chi connectivity index (χ4v) is 7.33. The van der Waals surface area contributed by atoms with Crippen LogP contribution < -0.4 is 0 Å². The first-order chi connectivity index (χ1) is 11.6.